The van der Waals surface area contributed by atoms with Gasteiger partial charge in [-0.15, -0.1) is 0 Å². The van der Waals surface area contributed by atoms with Crippen molar-refractivity contribution in [3.05, 3.63) is 100 Å². The molecule has 13 heteroatoms. The van der Waals surface area contributed by atoms with Crippen LogP contribution >= 0.6 is 0 Å². The predicted octanol–water partition coefficient (Wildman–Crippen LogP) is 9.00. The molecule has 0 atom stereocenters. The summed E-state index contributed by atoms with van der Waals surface area (Å²) in [4.78, 5) is 0. The van der Waals surface area contributed by atoms with Gasteiger partial charge in [0.05, 0.1) is 12.7 Å². The Hall–Kier alpha value is -4.42. The van der Waals surface area contributed by atoms with E-state index in [1.807, 2.05) is 0 Å². The fourth-order valence-corrected chi connectivity index (χ4v) is 4.58. The van der Waals surface area contributed by atoms with E-state index in [1.54, 1.807) is 0 Å². The number of methoxy groups -OCH3 is 1. The molecule has 5 aromatic carbocycles. The summed E-state index contributed by atoms with van der Waals surface area (Å²) in [6, 6.07) is 2.26. The quantitative estimate of drug-likeness (QED) is 0.0902. The van der Waals surface area contributed by atoms with Crippen molar-refractivity contribution in [3.63, 3.8) is 0 Å². The van der Waals surface area contributed by atoms with E-state index in [-0.39, 0.29) is 12.1 Å². The van der Waals surface area contributed by atoms with Gasteiger partial charge in [-0.25, -0.2) is 43.9 Å². The molecule has 0 spiro atoms. The fraction of sp³-hybridized carbons (Fsp3) is 0.0370. The summed E-state index contributed by atoms with van der Waals surface area (Å²) in [6.07, 6.45) is 0. The number of fused-ring (bicyclic) bond motifs is 2. The van der Waals surface area contributed by atoms with Gasteiger partial charge in [0, 0.05) is 21.9 Å². The number of halogens is 12. The van der Waals surface area contributed by atoms with Crippen LogP contribution in [0.15, 0.2) is 30.3 Å². The van der Waals surface area contributed by atoms with Gasteiger partial charge in [-0.1, -0.05) is 6.07 Å². The van der Waals surface area contributed by atoms with E-state index in [2.05, 4.69) is 4.74 Å². The third-order valence-corrected chi connectivity index (χ3v) is 6.24. The van der Waals surface area contributed by atoms with E-state index in [0.29, 0.717) is 25.3 Å². The van der Waals surface area contributed by atoms with Crippen molar-refractivity contribution in [3.8, 4) is 28.0 Å². The molecule has 0 amide bonds. The van der Waals surface area contributed by atoms with Gasteiger partial charge in [-0.05, 0) is 40.6 Å². The molecule has 0 saturated heterocycles. The van der Waals surface area contributed by atoms with Gasteiger partial charge < -0.3 is 4.74 Å². The average Bonchev–Trinajstić information content (AvgIpc) is 2.92. The van der Waals surface area contributed by atoms with E-state index in [0.717, 1.165) is 0 Å². The van der Waals surface area contributed by atoms with Crippen LogP contribution in [0.1, 0.15) is 0 Å². The summed E-state index contributed by atoms with van der Waals surface area (Å²) in [7, 11) is 0.642. The smallest absolute Gasteiger partial charge is 0.204 e. The Labute approximate surface area is 214 Å². The summed E-state index contributed by atoms with van der Waals surface area (Å²) in [5.74, 6) is -27.2. The lowest BCUT2D eigenvalue weighted by Gasteiger charge is -2.20. The monoisotopic (exact) mass is 576 g/mol. The molecule has 0 N–H and O–H groups in total. The van der Waals surface area contributed by atoms with Crippen LogP contribution in [0.3, 0.4) is 0 Å². The van der Waals surface area contributed by atoms with Gasteiger partial charge in [0.15, 0.2) is 58.1 Å². The summed E-state index contributed by atoms with van der Waals surface area (Å²) in [5.41, 5.74) is -4.93. The van der Waals surface area contributed by atoms with Gasteiger partial charge in [-0.3, -0.25) is 0 Å². The molecule has 0 radical (unpaired) electrons. The molecule has 0 saturated carbocycles. The summed E-state index contributed by atoms with van der Waals surface area (Å²) >= 11 is 0. The Kier molecular flexibility index (Phi) is 6.35. The van der Waals surface area contributed by atoms with E-state index >= 15 is 17.6 Å². The highest BCUT2D eigenvalue weighted by atomic mass is 19.2. The largest absolute Gasteiger partial charge is 0.491 e. The van der Waals surface area contributed by atoms with Crippen LogP contribution in [0.2, 0.25) is 0 Å². The number of hydrogen-bond acceptors (Lipinski definition) is 1. The number of hydrogen-bond donors (Lipinski definition) is 0. The predicted molar refractivity (Wildman–Crippen MR) is 118 cm³/mol. The maximum Gasteiger partial charge on any atom is 0.204 e. The van der Waals surface area contributed by atoms with E-state index in [9.17, 15) is 35.1 Å². The van der Waals surface area contributed by atoms with Crippen molar-refractivity contribution in [2.45, 2.75) is 0 Å². The first-order valence-corrected chi connectivity index (χ1v) is 10.8. The van der Waals surface area contributed by atoms with Crippen molar-refractivity contribution in [2.75, 3.05) is 7.11 Å². The molecule has 1 nitrogen and oxygen atoms in total. The molecule has 0 heterocycles. The first-order chi connectivity index (χ1) is 18.8. The van der Waals surface area contributed by atoms with E-state index in [4.69, 9.17) is 0 Å². The Bertz CT molecular complexity index is 1860. The Morgan fingerprint density at radius 1 is 0.450 bits per heavy atom. The average molecular weight is 576 g/mol. The zero-order valence-electron chi connectivity index (χ0n) is 19.3. The van der Waals surface area contributed by atoms with Crippen LogP contribution in [0, 0.1) is 69.8 Å². The standard InChI is InChI=1S/C27H8F12O/c1-40-27-25(38)21(34)17(22(35)26(27)39)14-10-6-8(28)2-3-9(10)13(7-4-11(29)18(31)12(30)5-7)15-16(14)20(33)24(37)23(36)19(15)32/h2-6H,1H3. The highest BCUT2D eigenvalue weighted by molar-refractivity contribution is 6.21. The zero-order chi connectivity index (χ0) is 29.4. The number of rotatable bonds is 3. The van der Waals surface area contributed by atoms with Crippen LogP contribution in [0.5, 0.6) is 5.75 Å². The highest BCUT2D eigenvalue weighted by Gasteiger charge is 2.34. The minimum Gasteiger partial charge on any atom is -0.491 e. The molecule has 5 aromatic rings. The molecule has 206 valence electrons. The maximum atomic E-state index is 15.4. The Balaban J connectivity index is 2.18. The van der Waals surface area contributed by atoms with E-state index in [1.165, 1.54) is 0 Å². The molecule has 0 bridgehead atoms. The van der Waals surface area contributed by atoms with E-state index < -0.39 is 119 Å². The number of benzene rings is 5. The third kappa shape index (κ3) is 3.67. The molecule has 0 unspecified atom stereocenters. The van der Waals surface area contributed by atoms with Crippen molar-refractivity contribution in [1.82, 2.24) is 0 Å². The second kappa shape index (κ2) is 9.35. The van der Waals surface area contributed by atoms with Crippen molar-refractivity contribution in [1.29, 1.82) is 0 Å². The van der Waals surface area contributed by atoms with Crippen molar-refractivity contribution < 1.29 is 57.4 Å². The van der Waals surface area contributed by atoms with Gasteiger partial charge >= 0.3 is 0 Å². The SMILES string of the molecule is COc1c(F)c(F)c(-c2c3cc(F)ccc3c(-c3cc(F)c(F)c(F)c3)c3c(F)c(F)c(F)c(F)c23)c(F)c1F. The second-order valence-electron chi connectivity index (χ2n) is 8.36. The Morgan fingerprint density at radius 3 is 1.45 bits per heavy atom. The molecular weight excluding hydrogens is 568 g/mol. The lowest BCUT2D eigenvalue weighted by atomic mass is 9.84. The summed E-state index contributed by atoms with van der Waals surface area (Å²) in [6.45, 7) is 0. The summed E-state index contributed by atoms with van der Waals surface area (Å²) in [5, 5.41) is -4.55. The van der Waals surface area contributed by atoms with Crippen LogP contribution in [0.4, 0.5) is 52.7 Å². The van der Waals surface area contributed by atoms with Gasteiger partial charge in [0.25, 0.3) is 0 Å². The topological polar surface area (TPSA) is 9.23 Å². The zero-order valence-corrected chi connectivity index (χ0v) is 19.3. The molecule has 0 aliphatic heterocycles. The van der Waals surface area contributed by atoms with Crippen molar-refractivity contribution >= 4 is 21.5 Å². The minimum atomic E-state index is -2.56. The summed E-state index contributed by atoms with van der Waals surface area (Å²) < 4.78 is 180. The molecule has 0 aliphatic rings. The number of ether oxygens (including phenoxy) is 1. The second-order valence-corrected chi connectivity index (χ2v) is 8.36. The molecule has 40 heavy (non-hydrogen) atoms. The van der Waals surface area contributed by atoms with Crippen LogP contribution in [-0.4, -0.2) is 7.11 Å². The lowest BCUT2D eigenvalue weighted by molar-refractivity contribution is 0.334. The van der Waals surface area contributed by atoms with Crippen LogP contribution < -0.4 is 4.74 Å². The molecule has 0 fully saturated rings. The Morgan fingerprint density at radius 2 is 0.950 bits per heavy atom. The highest BCUT2D eigenvalue weighted by Crippen LogP contribution is 2.49. The first-order valence-electron chi connectivity index (χ1n) is 10.8. The third-order valence-electron chi connectivity index (χ3n) is 6.24. The van der Waals surface area contributed by atoms with Gasteiger partial charge in [0.2, 0.25) is 11.6 Å². The molecule has 5 rings (SSSR count). The lowest BCUT2D eigenvalue weighted by Crippen LogP contribution is -2.07. The normalized spacial score (nSPS) is 11.6. The van der Waals surface area contributed by atoms with Crippen LogP contribution in [0.25, 0.3) is 43.8 Å². The van der Waals surface area contributed by atoms with Gasteiger partial charge in [-0.2, -0.15) is 8.78 Å². The maximum absolute atomic E-state index is 15.4. The minimum absolute atomic E-state index is 0.252. The van der Waals surface area contributed by atoms with Crippen LogP contribution in [-0.2, 0) is 0 Å². The van der Waals surface area contributed by atoms with Gasteiger partial charge in [0.1, 0.15) is 5.82 Å². The fourth-order valence-electron chi connectivity index (χ4n) is 4.58. The molecule has 0 aromatic heterocycles. The van der Waals surface area contributed by atoms with Crippen molar-refractivity contribution in [2.24, 2.45) is 0 Å². The molecule has 0 aliphatic carbocycles. The first kappa shape index (κ1) is 27.2. The molecular formula is C27H8F12O.